The van der Waals surface area contributed by atoms with Crippen LogP contribution in [0.4, 0.5) is 0 Å². The standard InChI is InChI=1S/C19H19Cl2N3O5S/c1-29-17-10-12(9-15(21)18(17)25)11-22-23-19(26)16-3-2-8-24(16)30(27,28)14-6-4-13(20)5-7-14/h4-7,9-11,16,25H,2-3,8H2,1H3,(H,23,26). The normalized spacial score (nSPS) is 17.4. The van der Waals surface area contributed by atoms with E-state index in [1.165, 1.54) is 54.0 Å². The fraction of sp³-hybridized carbons (Fsp3) is 0.263. The summed E-state index contributed by atoms with van der Waals surface area (Å²) in [5, 5.41) is 14.1. The number of hydrazone groups is 1. The molecule has 3 rings (SSSR count). The second kappa shape index (κ2) is 9.22. The van der Waals surface area contributed by atoms with Crippen molar-refractivity contribution in [2.75, 3.05) is 13.7 Å². The summed E-state index contributed by atoms with van der Waals surface area (Å²) in [4.78, 5) is 12.6. The van der Waals surface area contributed by atoms with Gasteiger partial charge in [0.15, 0.2) is 11.5 Å². The van der Waals surface area contributed by atoms with Crippen LogP contribution in [0.2, 0.25) is 10.0 Å². The molecule has 0 spiro atoms. The maximum Gasteiger partial charge on any atom is 0.258 e. The number of phenolic OH excluding ortho intramolecular Hbond substituents is 1. The highest BCUT2D eigenvalue weighted by Crippen LogP contribution is 2.34. The average Bonchev–Trinajstić information content (AvgIpc) is 3.21. The van der Waals surface area contributed by atoms with Gasteiger partial charge in [-0.15, -0.1) is 0 Å². The van der Waals surface area contributed by atoms with Crippen LogP contribution in [0.15, 0.2) is 46.4 Å². The second-order valence-corrected chi connectivity index (χ2v) is 9.25. The lowest BCUT2D eigenvalue weighted by atomic mass is 10.2. The third-order valence-corrected chi connectivity index (χ3v) is 7.05. The van der Waals surface area contributed by atoms with Crippen molar-refractivity contribution in [1.82, 2.24) is 9.73 Å². The zero-order chi connectivity index (χ0) is 21.9. The van der Waals surface area contributed by atoms with Gasteiger partial charge in [-0.05, 0) is 54.8 Å². The minimum Gasteiger partial charge on any atom is -0.503 e. The Hall–Kier alpha value is -2.33. The molecule has 8 nitrogen and oxygen atoms in total. The molecule has 160 valence electrons. The highest BCUT2D eigenvalue weighted by Gasteiger charge is 2.39. The van der Waals surface area contributed by atoms with Gasteiger partial charge in [-0.2, -0.15) is 9.41 Å². The van der Waals surface area contributed by atoms with Gasteiger partial charge in [-0.3, -0.25) is 4.79 Å². The average molecular weight is 472 g/mol. The van der Waals surface area contributed by atoms with Crippen LogP contribution in [-0.2, 0) is 14.8 Å². The summed E-state index contributed by atoms with van der Waals surface area (Å²) in [7, 11) is -2.47. The van der Waals surface area contributed by atoms with Gasteiger partial charge < -0.3 is 9.84 Å². The predicted octanol–water partition coefficient (Wildman–Crippen LogP) is 3.01. The molecule has 1 atom stereocenters. The summed E-state index contributed by atoms with van der Waals surface area (Å²) >= 11 is 11.7. The summed E-state index contributed by atoms with van der Waals surface area (Å²) in [6, 6.07) is 7.85. The van der Waals surface area contributed by atoms with Crippen LogP contribution in [0.25, 0.3) is 0 Å². The molecule has 1 amide bonds. The quantitative estimate of drug-likeness (QED) is 0.497. The monoisotopic (exact) mass is 471 g/mol. The largest absolute Gasteiger partial charge is 0.503 e. The number of nitrogens with zero attached hydrogens (tertiary/aromatic N) is 2. The van der Waals surface area contributed by atoms with Crippen LogP contribution in [0.3, 0.4) is 0 Å². The smallest absolute Gasteiger partial charge is 0.258 e. The van der Waals surface area contributed by atoms with E-state index in [2.05, 4.69) is 10.5 Å². The summed E-state index contributed by atoms with van der Waals surface area (Å²) < 4.78 is 32.0. The van der Waals surface area contributed by atoms with Crippen LogP contribution in [-0.4, -0.2) is 49.6 Å². The molecule has 0 saturated carbocycles. The molecule has 0 radical (unpaired) electrons. The number of hydrogen-bond donors (Lipinski definition) is 2. The summed E-state index contributed by atoms with van der Waals surface area (Å²) in [5.74, 6) is -0.584. The fourth-order valence-electron chi connectivity index (χ4n) is 3.10. The minimum atomic E-state index is -3.85. The van der Waals surface area contributed by atoms with E-state index in [-0.39, 0.29) is 28.0 Å². The Morgan fingerprint density at radius 3 is 2.67 bits per heavy atom. The number of halogens is 2. The van der Waals surface area contributed by atoms with Crippen molar-refractivity contribution in [3.63, 3.8) is 0 Å². The Kier molecular flexibility index (Phi) is 6.87. The molecule has 1 aliphatic rings. The minimum absolute atomic E-state index is 0.0677. The third-order valence-electron chi connectivity index (χ3n) is 4.59. The Labute approximate surface area is 184 Å². The van der Waals surface area contributed by atoms with E-state index in [0.717, 1.165) is 0 Å². The number of sulfonamides is 1. The first-order valence-corrected chi connectivity index (χ1v) is 11.1. The molecule has 1 saturated heterocycles. The maximum atomic E-state index is 12.9. The molecule has 2 N–H and O–H groups in total. The number of ether oxygens (including phenoxy) is 1. The molecular formula is C19H19Cl2N3O5S. The van der Waals surface area contributed by atoms with Gasteiger partial charge >= 0.3 is 0 Å². The number of amides is 1. The number of aromatic hydroxyl groups is 1. The molecule has 1 aliphatic heterocycles. The molecule has 1 heterocycles. The summed E-state index contributed by atoms with van der Waals surface area (Å²) in [6.07, 6.45) is 2.26. The first-order chi connectivity index (χ1) is 14.2. The summed E-state index contributed by atoms with van der Waals surface area (Å²) in [6.45, 7) is 0.234. The number of benzene rings is 2. The van der Waals surface area contributed by atoms with E-state index >= 15 is 0 Å². The molecule has 2 aromatic rings. The van der Waals surface area contributed by atoms with Crippen molar-refractivity contribution < 1.29 is 23.1 Å². The molecule has 0 bridgehead atoms. The zero-order valence-corrected chi connectivity index (χ0v) is 18.2. The Morgan fingerprint density at radius 1 is 1.30 bits per heavy atom. The van der Waals surface area contributed by atoms with E-state index in [0.29, 0.717) is 23.4 Å². The van der Waals surface area contributed by atoms with Crippen LogP contribution < -0.4 is 10.2 Å². The molecule has 1 fully saturated rings. The lowest BCUT2D eigenvalue weighted by Gasteiger charge is -2.22. The van der Waals surface area contributed by atoms with Crippen molar-refractivity contribution in [3.05, 3.63) is 52.0 Å². The number of phenols is 1. The number of carbonyl (C=O) groups is 1. The van der Waals surface area contributed by atoms with Gasteiger partial charge in [0.2, 0.25) is 10.0 Å². The second-order valence-electron chi connectivity index (χ2n) is 6.52. The van der Waals surface area contributed by atoms with Crippen molar-refractivity contribution in [3.8, 4) is 11.5 Å². The van der Waals surface area contributed by atoms with Crippen LogP contribution in [0.5, 0.6) is 11.5 Å². The first kappa shape index (κ1) is 22.4. The predicted molar refractivity (Wildman–Crippen MR) is 114 cm³/mol. The van der Waals surface area contributed by atoms with E-state index in [1.807, 2.05) is 0 Å². The zero-order valence-electron chi connectivity index (χ0n) is 15.9. The van der Waals surface area contributed by atoms with Gasteiger partial charge in [-0.25, -0.2) is 13.8 Å². The topological polar surface area (TPSA) is 108 Å². The number of methoxy groups -OCH3 is 1. The maximum absolute atomic E-state index is 12.9. The number of carbonyl (C=O) groups excluding carboxylic acids is 1. The van der Waals surface area contributed by atoms with Crippen LogP contribution >= 0.6 is 23.2 Å². The Balaban J connectivity index is 1.73. The van der Waals surface area contributed by atoms with E-state index in [4.69, 9.17) is 27.9 Å². The number of hydrogen-bond acceptors (Lipinski definition) is 6. The first-order valence-electron chi connectivity index (χ1n) is 8.91. The Morgan fingerprint density at radius 2 is 2.00 bits per heavy atom. The van der Waals surface area contributed by atoms with Crippen LogP contribution in [0.1, 0.15) is 18.4 Å². The lowest BCUT2D eigenvalue weighted by Crippen LogP contribution is -2.44. The van der Waals surface area contributed by atoms with Gasteiger partial charge in [0.1, 0.15) is 6.04 Å². The molecule has 1 unspecified atom stereocenters. The molecule has 0 aromatic heterocycles. The fourth-order valence-corrected chi connectivity index (χ4v) is 5.10. The van der Waals surface area contributed by atoms with Crippen LogP contribution in [0, 0.1) is 0 Å². The third kappa shape index (κ3) is 4.70. The molecular weight excluding hydrogens is 453 g/mol. The lowest BCUT2D eigenvalue weighted by molar-refractivity contribution is -0.124. The van der Waals surface area contributed by atoms with Crippen molar-refractivity contribution >= 4 is 45.3 Å². The van der Waals surface area contributed by atoms with E-state index in [9.17, 15) is 18.3 Å². The van der Waals surface area contributed by atoms with Gasteiger partial charge in [0.25, 0.3) is 5.91 Å². The highest BCUT2D eigenvalue weighted by atomic mass is 35.5. The molecule has 11 heteroatoms. The Bertz CT molecular complexity index is 1070. The van der Waals surface area contributed by atoms with Gasteiger partial charge in [0.05, 0.1) is 23.2 Å². The van der Waals surface area contributed by atoms with Gasteiger partial charge in [0, 0.05) is 11.6 Å². The molecule has 30 heavy (non-hydrogen) atoms. The van der Waals surface area contributed by atoms with Crippen molar-refractivity contribution in [2.24, 2.45) is 5.10 Å². The van der Waals surface area contributed by atoms with Crippen molar-refractivity contribution in [1.29, 1.82) is 0 Å². The van der Waals surface area contributed by atoms with Crippen molar-refractivity contribution in [2.45, 2.75) is 23.8 Å². The number of nitrogens with one attached hydrogen (secondary N) is 1. The van der Waals surface area contributed by atoms with E-state index in [1.54, 1.807) is 0 Å². The van der Waals surface area contributed by atoms with E-state index < -0.39 is 22.0 Å². The van der Waals surface area contributed by atoms with Gasteiger partial charge in [-0.1, -0.05) is 23.2 Å². The summed E-state index contributed by atoms with van der Waals surface area (Å²) in [5.41, 5.74) is 2.84. The highest BCUT2D eigenvalue weighted by molar-refractivity contribution is 7.89. The SMILES string of the molecule is COc1cc(C=NNC(=O)C2CCCN2S(=O)(=O)c2ccc(Cl)cc2)cc(Cl)c1O. The molecule has 0 aliphatic carbocycles. The number of rotatable bonds is 6. The molecule has 2 aromatic carbocycles.